The summed E-state index contributed by atoms with van der Waals surface area (Å²) in [6.45, 7) is 7.23. The normalized spacial score (nSPS) is 22.2. The first kappa shape index (κ1) is 16.4. The lowest BCUT2D eigenvalue weighted by molar-refractivity contribution is -0.123. The van der Waals surface area contributed by atoms with Crippen LogP contribution in [0.15, 0.2) is 24.3 Å². The molecule has 1 amide bonds. The number of anilines is 1. The van der Waals surface area contributed by atoms with Crippen molar-refractivity contribution in [3.63, 3.8) is 0 Å². The molecule has 2 heterocycles. The Morgan fingerprint density at radius 2 is 1.87 bits per heavy atom. The molecule has 126 valence electrons. The van der Waals surface area contributed by atoms with Crippen LogP contribution in [0, 0.1) is 12.8 Å². The van der Waals surface area contributed by atoms with Gasteiger partial charge in [0.25, 0.3) is 0 Å². The minimum Gasteiger partial charge on any atom is -0.350 e. The van der Waals surface area contributed by atoms with Crippen molar-refractivity contribution in [2.75, 3.05) is 31.6 Å². The number of para-hydroxylation sites is 1. The third-order valence-corrected chi connectivity index (χ3v) is 4.94. The Morgan fingerprint density at radius 3 is 2.52 bits per heavy atom. The van der Waals surface area contributed by atoms with Crippen LogP contribution >= 0.6 is 0 Å². The second-order valence-corrected chi connectivity index (χ2v) is 6.46. The van der Waals surface area contributed by atoms with E-state index in [9.17, 15) is 4.79 Å². The zero-order chi connectivity index (χ0) is 16.2. The highest BCUT2D eigenvalue weighted by molar-refractivity contribution is 5.95. The molecule has 0 aliphatic carbocycles. The van der Waals surface area contributed by atoms with Crippen LogP contribution in [-0.4, -0.2) is 49.4 Å². The Hall–Kier alpha value is -1.43. The molecule has 0 aromatic heterocycles. The fourth-order valence-corrected chi connectivity index (χ4v) is 3.34. The Balaban J connectivity index is 1.51. The number of hydrogen-bond acceptors (Lipinski definition) is 4. The van der Waals surface area contributed by atoms with Crippen LogP contribution in [-0.2, 0) is 14.3 Å². The van der Waals surface area contributed by atoms with Gasteiger partial charge in [0.2, 0.25) is 5.91 Å². The van der Waals surface area contributed by atoms with Crippen LogP contribution < -0.4 is 5.32 Å². The molecule has 1 aromatic carbocycles. The Morgan fingerprint density at radius 1 is 1.22 bits per heavy atom. The molecule has 2 fully saturated rings. The molecule has 2 aliphatic heterocycles. The molecule has 1 atom stereocenters. The topological polar surface area (TPSA) is 50.8 Å². The monoisotopic (exact) mass is 318 g/mol. The number of carbonyl (C=O) groups is 1. The molecule has 0 radical (unpaired) electrons. The van der Waals surface area contributed by atoms with Crippen molar-refractivity contribution in [3.05, 3.63) is 29.8 Å². The number of likely N-dealkylation sites (tertiary alicyclic amines) is 1. The molecule has 0 spiro atoms. The lowest BCUT2D eigenvalue weighted by Crippen LogP contribution is -2.47. The minimum absolute atomic E-state index is 0.0340. The first-order chi connectivity index (χ1) is 11.1. The number of ether oxygens (including phenoxy) is 2. The Bertz CT molecular complexity index is 535. The summed E-state index contributed by atoms with van der Waals surface area (Å²) >= 11 is 0. The molecule has 1 aromatic rings. The van der Waals surface area contributed by atoms with Crippen molar-refractivity contribution in [2.45, 2.75) is 39.0 Å². The molecule has 2 aliphatic rings. The summed E-state index contributed by atoms with van der Waals surface area (Å²) in [6, 6.07) is 7.75. The number of benzene rings is 1. The average Bonchev–Trinajstić information content (AvgIpc) is 3.11. The van der Waals surface area contributed by atoms with Crippen LogP contribution in [0.1, 0.15) is 25.3 Å². The molecule has 3 rings (SSSR count). The van der Waals surface area contributed by atoms with Gasteiger partial charge in [-0.2, -0.15) is 0 Å². The van der Waals surface area contributed by atoms with Crippen LogP contribution in [0.25, 0.3) is 0 Å². The van der Waals surface area contributed by atoms with Gasteiger partial charge in [-0.15, -0.1) is 0 Å². The number of nitrogens with zero attached hydrogens (tertiary/aromatic N) is 1. The summed E-state index contributed by atoms with van der Waals surface area (Å²) in [5.74, 6) is 0.520. The van der Waals surface area contributed by atoms with Crippen LogP contribution in [0.3, 0.4) is 0 Å². The molecular weight excluding hydrogens is 292 g/mol. The number of rotatable bonds is 4. The zero-order valence-corrected chi connectivity index (χ0v) is 14.0. The van der Waals surface area contributed by atoms with Crippen molar-refractivity contribution in [3.8, 4) is 0 Å². The van der Waals surface area contributed by atoms with E-state index < -0.39 is 0 Å². The maximum absolute atomic E-state index is 12.5. The van der Waals surface area contributed by atoms with Gasteiger partial charge in [-0.25, -0.2) is 0 Å². The lowest BCUT2D eigenvalue weighted by atomic mass is 9.95. The summed E-state index contributed by atoms with van der Waals surface area (Å²) in [7, 11) is 0. The Labute approximate surface area is 137 Å². The highest BCUT2D eigenvalue weighted by Gasteiger charge is 2.33. The van der Waals surface area contributed by atoms with E-state index in [2.05, 4.69) is 10.2 Å². The second-order valence-electron chi connectivity index (χ2n) is 6.46. The van der Waals surface area contributed by atoms with E-state index in [1.807, 2.05) is 38.1 Å². The first-order valence-corrected chi connectivity index (χ1v) is 8.49. The molecular formula is C18H26N2O3. The predicted octanol–water partition coefficient (Wildman–Crippen LogP) is 2.41. The van der Waals surface area contributed by atoms with Crippen LogP contribution in [0.2, 0.25) is 0 Å². The lowest BCUT2D eigenvalue weighted by Gasteiger charge is -2.36. The van der Waals surface area contributed by atoms with Crippen LogP contribution in [0.5, 0.6) is 0 Å². The molecule has 2 saturated heterocycles. The van der Waals surface area contributed by atoms with E-state index in [4.69, 9.17) is 9.47 Å². The average molecular weight is 318 g/mol. The smallest absolute Gasteiger partial charge is 0.241 e. The molecule has 5 heteroatoms. The summed E-state index contributed by atoms with van der Waals surface area (Å²) in [5.41, 5.74) is 1.98. The maximum atomic E-state index is 12.5. The van der Waals surface area contributed by atoms with E-state index in [0.717, 1.165) is 37.2 Å². The van der Waals surface area contributed by atoms with Crippen molar-refractivity contribution in [2.24, 2.45) is 5.92 Å². The first-order valence-electron chi connectivity index (χ1n) is 8.49. The van der Waals surface area contributed by atoms with Gasteiger partial charge in [0, 0.05) is 11.6 Å². The van der Waals surface area contributed by atoms with Gasteiger partial charge >= 0.3 is 0 Å². The van der Waals surface area contributed by atoms with E-state index in [1.165, 1.54) is 0 Å². The van der Waals surface area contributed by atoms with Crippen molar-refractivity contribution in [1.29, 1.82) is 0 Å². The summed E-state index contributed by atoms with van der Waals surface area (Å²) in [4.78, 5) is 14.7. The SMILES string of the molecule is Cc1ccccc1NC(=O)C(C)N1CCC(C2OCCO2)CC1. The Kier molecular flexibility index (Phi) is 5.30. The van der Waals surface area contributed by atoms with E-state index in [1.54, 1.807) is 0 Å². The number of carbonyl (C=O) groups excluding carboxylic acids is 1. The van der Waals surface area contributed by atoms with Gasteiger partial charge in [0.05, 0.1) is 19.3 Å². The van der Waals surface area contributed by atoms with Gasteiger partial charge in [0.1, 0.15) is 0 Å². The molecule has 0 bridgehead atoms. The second kappa shape index (κ2) is 7.43. The van der Waals surface area contributed by atoms with Gasteiger partial charge < -0.3 is 14.8 Å². The minimum atomic E-state index is -0.124. The number of nitrogens with one attached hydrogen (secondary N) is 1. The van der Waals surface area contributed by atoms with Gasteiger partial charge in [-0.1, -0.05) is 18.2 Å². The molecule has 0 saturated carbocycles. The molecule has 5 nitrogen and oxygen atoms in total. The zero-order valence-electron chi connectivity index (χ0n) is 14.0. The molecule has 23 heavy (non-hydrogen) atoms. The van der Waals surface area contributed by atoms with Gasteiger partial charge in [-0.3, -0.25) is 9.69 Å². The fraction of sp³-hybridized carbons (Fsp3) is 0.611. The van der Waals surface area contributed by atoms with Crippen molar-refractivity contribution in [1.82, 2.24) is 4.90 Å². The largest absolute Gasteiger partial charge is 0.350 e. The highest BCUT2D eigenvalue weighted by atomic mass is 16.7. The number of amides is 1. The molecule has 1 unspecified atom stereocenters. The maximum Gasteiger partial charge on any atom is 0.241 e. The number of aryl methyl sites for hydroxylation is 1. The summed E-state index contributed by atoms with van der Waals surface area (Å²) < 4.78 is 11.2. The van der Waals surface area contributed by atoms with Crippen LogP contribution in [0.4, 0.5) is 5.69 Å². The quantitative estimate of drug-likeness (QED) is 0.926. The van der Waals surface area contributed by atoms with Gasteiger partial charge in [-0.05, 0) is 51.4 Å². The highest BCUT2D eigenvalue weighted by Crippen LogP contribution is 2.27. The standard InChI is InChI=1S/C18H26N2O3/c1-13-5-3-4-6-16(13)19-17(21)14(2)20-9-7-15(8-10-20)18-22-11-12-23-18/h3-6,14-15,18H,7-12H2,1-2H3,(H,19,21). The third kappa shape index (κ3) is 3.91. The van der Waals surface area contributed by atoms with Crippen molar-refractivity contribution >= 4 is 11.6 Å². The third-order valence-electron chi connectivity index (χ3n) is 4.94. The fourth-order valence-electron chi connectivity index (χ4n) is 3.34. The summed E-state index contributed by atoms with van der Waals surface area (Å²) in [5, 5.41) is 3.04. The van der Waals surface area contributed by atoms with E-state index in [0.29, 0.717) is 19.1 Å². The van der Waals surface area contributed by atoms with Gasteiger partial charge in [0.15, 0.2) is 6.29 Å². The van der Waals surface area contributed by atoms with Crippen molar-refractivity contribution < 1.29 is 14.3 Å². The van der Waals surface area contributed by atoms with E-state index >= 15 is 0 Å². The summed E-state index contributed by atoms with van der Waals surface area (Å²) in [6.07, 6.45) is 2.01. The number of hydrogen-bond donors (Lipinski definition) is 1. The number of piperidine rings is 1. The predicted molar refractivity (Wildman–Crippen MR) is 89.3 cm³/mol. The van der Waals surface area contributed by atoms with E-state index in [-0.39, 0.29) is 18.2 Å². The molecule has 1 N–H and O–H groups in total.